The van der Waals surface area contributed by atoms with E-state index in [-0.39, 0.29) is 5.41 Å². The first kappa shape index (κ1) is 11.4. The second-order valence-corrected chi connectivity index (χ2v) is 5.64. The molecule has 66 valence electrons. The van der Waals surface area contributed by atoms with Crippen molar-refractivity contribution in [3.8, 4) is 0 Å². The van der Waals surface area contributed by atoms with E-state index in [1.54, 1.807) is 0 Å². The SMILES string of the molecule is CCC(I)CC(=O)C(C)(C)C. The highest BCUT2D eigenvalue weighted by atomic mass is 127. The molecule has 0 amide bonds. The maximum atomic E-state index is 11.4. The third-order valence-electron chi connectivity index (χ3n) is 1.69. The molecule has 1 nitrogen and oxygen atoms in total. The molecule has 1 atom stereocenters. The van der Waals surface area contributed by atoms with Crippen molar-refractivity contribution in [3.63, 3.8) is 0 Å². The fourth-order valence-corrected chi connectivity index (χ4v) is 1.05. The summed E-state index contributed by atoms with van der Waals surface area (Å²) in [6.07, 6.45) is 1.81. The highest BCUT2D eigenvalue weighted by Crippen LogP contribution is 2.21. The maximum Gasteiger partial charge on any atom is 0.139 e. The molecule has 0 heterocycles. The zero-order valence-electron chi connectivity index (χ0n) is 7.78. The summed E-state index contributed by atoms with van der Waals surface area (Å²) in [5, 5.41) is 0. The van der Waals surface area contributed by atoms with Crippen molar-refractivity contribution in [2.45, 2.75) is 44.5 Å². The Labute approximate surface area is 83.1 Å². The third kappa shape index (κ3) is 4.77. The Bertz CT molecular complexity index is 135. The molecule has 0 aliphatic rings. The van der Waals surface area contributed by atoms with Crippen molar-refractivity contribution in [2.24, 2.45) is 5.41 Å². The molecule has 0 radical (unpaired) electrons. The van der Waals surface area contributed by atoms with Crippen molar-refractivity contribution in [1.82, 2.24) is 0 Å². The summed E-state index contributed by atoms with van der Waals surface area (Å²) in [6, 6.07) is 0. The normalized spacial score (nSPS) is 14.6. The van der Waals surface area contributed by atoms with Crippen LogP contribution in [0.5, 0.6) is 0 Å². The number of Topliss-reactive ketones (excluding diaryl/α,β-unsaturated/α-hetero) is 1. The van der Waals surface area contributed by atoms with E-state index >= 15 is 0 Å². The van der Waals surface area contributed by atoms with Gasteiger partial charge in [0.1, 0.15) is 5.78 Å². The fraction of sp³-hybridized carbons (Fsp3) is 0.889. The van der Waals surface area contributed by atoms with Crippen LogP contribution in [-0.2, 0) is 4.79 Å². The van der Waals surface area contributed by atoms with Crippen LogP contribution >= 0.6 is 22.6 Å². The molecule has 0 bridgehead atoms. The van der Waals surface area contributed by atoms with Crippen molar-refractivity contribution in [2.75, 3.05) is 0 Å². The Morgan fingerprint density at radius 3 is 2.18 bits per heavy atom. The van der Waals surface area contributed by atoms with Crippen LogP contribution in [0.15, 0.2) is 0 Å². The molecule has 0 aliphatic heterocycles. The molecule has 0 fully saturated rings. The van der Waals surface area contributed by atoms with Crippen LogP contribution in [0.25, 0.3) is 0 Å². The van der Waals surface area contributed by atoms with Crippen molar-refractivity contribution in [3.05, 3.63) is 0 Å². The predicted molar refractivity (Wildman–Crippen MR) is 57.2 cm³/mol. The molecule has 0 N–H and O–H groups in total. The van der Waals surface area contributed by atoms with Gasteiger partial charge in [-0.15, -0.1) is 0 Å². The zero-order valence-corrected chi connectivity index (χ0v) is 9.94. The van der Waals surface area contributed by atoms with Crippen LogP contribution in [0.1, 0.15) is 40.5 Å². The van der Waals surface area contributed by atoms with Gasteiger partial charge in [0.25, 0.3) is 0 Å². The number of hydrogen-bond acceptors (Lipinski definition) is 1. The van der Waals surface area contributed by atoms with Gasteiger partial charge in [-0.3, -0.25) is 4.79 Å². The van der Waals surface area contributed by atoms with E-state index in [1.807, 2.05) is 20.8 Å². The van der Waals surface area contributed by atoms with Gasteiger partial charge in [-0.2, -0.15) is 0 Å². The Morgan fingerprint density at radius 1 is 1.45 bits per heavy atom. The molecule has 0 rings (SSSR count). The molecule has 2 heteroatoms. The van der Waals surface area contributed by atoms with Gasteiger partial charge >= 0.3 is 0 Å². The minimum atomic E-state index is -0.154. The predicted octanol–water partition coefficient (Wildman–Crippen LogP) is 3.21. The monoisotopic (exact) mass is 268 g/mol. The van der Waals surface area contributed by atoms with E-state index in [2.05, 4.69) is 29.5 Å². The number of hydrogen-bond donors (Lipinski definition) is 0. The van der Waals surface area contributed by atoms with E-state index < -0.39 is 0 Å². The molecule has 0 aromatic rings. The number of ketones is 1. The molecule has 0 saturated carbocycles. The van der Waals surface area contributed by atoms with Crippen LogP contribution in [0.3, 0.4) is 0 Å². The quantitative estimate of drug-likeness (QED) is 0.567. The summed E-state index contributed by atoms with van der Waals surface area (Å²) >= 11 is 2.34. The zero-order chi connectivity index (χ0) is 9.07. The van der Waals surface area contributed by atoms with E-state index in [0.717, 1.165) is 12.8 Å². The van der Waals surface area contributed by atoms with Crippen LogP contribution in [0.4, 0.5) is 0 Å². The molecule has 0 aliphatic carbocycles. The van der Waals surface area contributed by atoms with Crippen LogP contribution < -0.4 is 0 Å². The molecular formula is C9H17IO. The first-order valence-corrected chi connectivity index (χ1v) is 5.30. The van der Waals surface area contributed by atoms with Gasteiger partial charge in [-0.25, -0.2) is 0 Å². The molecule has 11 heavy (non-hydrogen) atoms. The van der Waals surface area contributed by atoms with E-state index in [0.29, 0.717) is 9.71 Å². The van der Waals surface area contributed by atoms with Gasteiger partial charge in [0, 0.05) is 15.8 Å². The average Bonchev–Trinajstić information content (AvgIpc) is 1.85. The van der Waals surface area contributed by atoms with Gasteiger partial charge in [-0.1, -0.05) is 50.3 Å². The lowest BCUT2D eigenvalue weighted by molar-refractivity contribution is -0.126. The Kier molecular flexibility index (Phi) is 4.59. The van der Waals surface area contributed by atoms with Gasteiger partial charge < -0.3 is 0 Å². The highest BCUT2D eigenvalue weighted by molar-refractivity contribution is 14.1. The standard InChI is InChI=1S/C9H17IO/c1-5-7(10)6-8(11)9(2,3)4/h7H,5-6H2,1-4H3. The second-order valence-electron chi connectivity index (χ2n) is 3.88. The fourth-order valence-electron chi connectivity index (χ4n) is 0.652. The van der Waals surface area contributed by atoms with E-state index in [4.69, 9.17) is 0 Å². The highest BCUT2D eigenvalue weighted by Gasteiger charge is 2.22. The Hall–Kier alpha value is 0.400. The van der Waals surface area contributed by atoms with E-state index in [9.17, 15) is 4.79 Å². The second kappa shape index (κ2) is 4.43. The number of carbonyl (C=O) groups is 1. The maximum absolute atomic E-state index is 11.4. The number of carbonyl (C=O) groups excluding carboxylic acids is 1. The molecule has 0 saturated heterocycles. The first-order valence-electron chi connectivity index (χ1n) is 4.05. The van der Waals surface area contributed by atoms with Gasteiger partial charge in [0.15, 0.2) is 0 Å². The minimum Gasteiger partial charge on any atom is -0.299 e. The Balaban J connectivity index is 3.88. The molecule has 1 unspecified atom stereocenters. The van der Waals surface area contributed by atoms with Crippen LogP contribution in [0.2, 0.25) is 0 Å². The van der Waals surface area contributed by atoms with Gasteiger partial charge in [0.2, 0.25) is 0 Å². The summed E-state index contributed by atoms with van der Waals surface area (Å²) in [5.41, 5.74) is -0.154. The average molecular weight is 268 g/mol. The van der Waals surface area contributed by atoms with Crippen LogP contribution in [-0.4, -0.2) is 9.71 Å². The molecular weight excluding hydrogens is 251 g/mol. The number of alkyl halides is 1. The summed E-state index contributed by atoms with van der Waals surface area (Å²) in [6.45, 7) is 8.06. The lowest BCUT2D eigenvalue weighted by Gasteiger charge is -2.17. The summed E-state index contributed by atoms with van der Waals surface area (Å²) in [5.74, 6) is 0.374. The van der Waals surface area contributed by atoms with Gasteiger partial charge in [0.05, 0.1) is 0 Å². The smallest absolute Gasteiger partial charge is 0.139 e. The van der Waals surface area contributed by atoms with Crippen molar-refractivity contribution in [1.29, 1.82) is 0 Å². The van der Waals surface area contributed by atoms with Crippen molar-refractivity contribution >= 4 is 28.4 Å². The summed E-state index contributed by atoms with van der Waals surface area (Å²) < 4.78 is 0.513. The molecule has 0 aromatic carbocycles. The van der Waals surface area contributed by atoms with Crippen LogP contribution in [0, 0.1) is 5.41 Å². The Morgan fingerprint density at radius 2 is 1.91 bits per heavy atom. The third-order valence-corrected chi connectivity index (χ3v) is 3.01. The van der Waals surface area contributed by atoms with E-state index in [1.165, 1.54) is 0 Å². The summed E-state index contributed by atoms with van der Waals surface area (Å²) in [7, 11) is 0. The lowest BCUT2D eigenvalue weighted by atomic mass is 9.88. The largest absolute Gasteiger partial charge is 0.299 e. The molecule has 0 aromatic heterocycles. The number of rotatable bonds is 3. The van der Waals surface area contributed by atoms with Gasteiger partial charge in [-0.05, 0) is 6.42 Å². The van der Waals surface area contributed by atoms with Crippen molar-refractivity contribution < 1.29 is 4.79 Å². The topological polar surface area (TPSA) is 17.1 Å². The number of halogens is 1. The molecule has 0 spiro atoms. The summed E-state index contributed by atoms with van der Waals surface area (Å²) in [4.78, 5) is 11.4. The minimum absolute atomic E-state index is 0.154. The lowest BCUT2D eigenvalue weighted by Crippen LogP contribution is -2.22. The first-order chi connectivity index (χ1) is 4.88.